The van der Waals surface area contributed by atoms with Crippen molar-refractivity contribution in [3.63, 3.8) is 0 Å². The Labute approximate surface area is 167 Å². The average molecular weight is 382 g/mol. The maximum Gasteiger partial charge on any atom is 0.227 e. The van der Waals surface area contributed by atoms with Crippen LogP contribution in [0, 0.1) is 0 Å². The van der Waals surface area contributed by atoms with Crippen LogP contribution in [0.1, 0.15) is 25.7 Å². The van der Waals surface area contributed by atoms with E-state index in [9.17, 15) is 0 Å². The number of nitrogens with one attached hydrogen (secondary N) is 1. The van der Waals surface area contributed by atoms with Gasteiger partial charge in [-0.2, -0.15) is 4.98 Å². The largest absolute Gasteiger partial charge is 0.379 e. The molecular formula is C22H31N5O. The Morgan fingerprint density at radius 2 is 1.64 bits per heavy atom. The van der Waals surface area contributed by atoms with Gasteiger partial charge in [-0.05, 0) is 12.8 Å². The van der Waals surface area contributed by atoms with Crippen molar-refractivity contribution in [1.82, 2.24) is 14.9 Å². The highest BCUT2D eigenvalue weighted by Crippen LogP contribution is 2.24. The number of rotatable bonds is 6. The molecule has 2 fully saturated rings. The van der Waals surface area contributed by atoms with E-state index in [1.165, 1.54) is 25.7 Å². The lowest BCUT2D eigenvalue weighted by Crippen LogP contribution is -2.39. The first-order chi connectivity index (χ1) is 13.9. The van der Waals surface area contributed by atoms with E-state index < -0.39 is 0 Å². The number of morpholine rings is 1. The van der Waals surface area contributed by atoms with Gasteiger partial charge in [0.2, 0.25) is 5.95 Å². The minimum Gasteiger partial charge on any atom is -0.379 e. The lowest BCUT2D eigenvalue weighted by molar-refractivity contribution is 0.0398. The lowest BCUT2D eigenvalue weighted by atomic mass is 10.1. The van der Waals surface area contributed by atoms with E-state index in [0.29, 0.717) is 0 Å². The summed E-state index contributed by atoms with van der Waals surface area (Å²) in [5, 5.41) is 3.54. The summed E-state index contributed by atoms with van der Waals surface area (Å²) in [6, 6.07) is 12.5. The van der Waals surface area contributed by atoms with Crippen LogP contribution in [0.5, 0.6) is 0 Å². The molecule has 1 aromatic heterocycles. The second kappa shape index (κ2) is 9.85. The third-order valence-electron chi connectivity index (χ3n) is 5.51. The van der Waals surface area contributed by atoms with Gasteiger partial charge < -0.3 is 15.0 Å². The summed E-state index contributed by atoms with van der Waals surface area (Å²) in [6.07, 6.45) is 5.05. The van der Waals surface area contributed by atoms with Crippen molar-refractivity contribution in [3.05, 3.63) is 36.4 Å². The quantitative estimate of drug-likeness (QED) is 0.829. The second-order valence-corrected chi connectivity index (χ2v) is 7.59. The van der Waals surface area contributed by atoms with Gasteiger partial charge in [-0.1, -0.05) is 43.2 Å². The number of ether oxygens (including phenoxy) is 1. The molecule has 6 nitrogen and oxygen atoms in total. The minimum atomic E-state index is 0.838. The summed E-state index contributed by atoms with van der Waals surface area (Å²) in [5.41, 5.74) is 2.13. The van der Waals surface area contributed by atoms with Crippen LogP contribution < -0.4 is 10.2 Å². The van der Waals surface area contributed by atoms with Gasteiger partial charge >= 0.3 is 0 Å². The third-order valence-corrected chi connectivity index (χ3v) is 5.51. The number of nitrogens with zero attached hydrogens (tertiary/aromatic N) is 4. The Hall–Kier alpha value is -2.18. The summed E-state index contributed by atoms with van der Waals surface area (Å²) in [5.74, 6) is 1.78. The number of hydrogen-bond donors (Lipinski definition) is 1. The second-order valence-electron chi connectivity index (χ2n) is 7.59. The van der Waals surface area contributed by atoms with Gasteiger partial charge in [0.25, 0.3) is 0 Å². The van der Waals surface area contributed by atoms with E-state index in [1.807, 2.05) is 6.07 Å². The highest BCUT2D eigenvalue weighted by molar-refractivity contribution is 5.64. The molecular weight excluding hydrogens is 350 g/mol. The predicted molar refractivity (Wildman–Crippen MR) is 114 cm³/mol. The Kier molecular flexibility index (Phi) is 6.73. The van der Waals surface area contributed by atoms with Crippen molar-refractivity contribution in [2.45, 2.75) is 25.7 Å². The van der Waals surface area contributed by atoms with Crippen molar-refractivity contribution in [2.75, 3.05) is 62.7 Å². The molecule has 6 heteroatoms. The molecule has 0 atom stereocenters. The van der Waals surface area contributed by atoms with Crippen molar-refractivity contribution in [3.8, 4) is 11.3 Å². The third kappa shape index (κ3) is 5.20. The van der Waals surface area contributed by atoms with Crippen LogP contribution in [0.15, 0.2) is 36.4 Å². The van der Waals surface area contributed by atoms with Crippen LogP contribution in [-0.2, 0) is 4.74 Å². The number of aromatic nitrogens is 2. The van der Waals surface area contributed by atoms with E-state index in [-0.39, 0.29) is 0 Å². The monoisotopic (exact) mass is 381 g/mol. The molecule has 0 bridgehead atoms. The molecule has 0 spiro atoms. The first-order valence-electron chi connectivity index (χ1n) is 10.6. The van der Waals surface area contributed by atoms with E-state index in [4.69, 9.17) is 14.7 Å². The SMILES string of the molecule is c1ccc(-c2cc(NCCN3CCOCC3)nc(N3CCCCCC3)n2)cc1. The average Bonchev–Trinajstić information content (AvgIpc) is 3.05. The molecule has 28 heavy (non-hydrogen) atoms. The summed E-state index contributed by atoms with van der Waals surface area (Å²) >= 11 is 0. The van der Waals surface area contributed by atoms with Gasteiger partial charge in [0, 0.05) is 50.9 Å². The van der Waals surface area contributed by atoms with E-state index >= 15 is 0 Å². The molecule has 2 aliphatic rings. The zero-order chi connectivity index (χ0) is 19.0. The van der Waals surface area contributed by atoms with Crippen molar-refractivity contribution < 1.29 is 4.74 Å². The molecule has 3 heterocycles. The molecule has 1 aromatic carbocycles. The van der Waals surface area contributed by atoms with Crippen molar-refractivity contribution in [2.24, 2.45) is 0 Å². The molecule has 0 aliphatic carbocycles. The lowest BCUT2D eigenvalue weighted by Gasteiger charge is -2.26. The van der Waals surface area contributed by atoms with E-state index in [2.05, 4.69) is 45.4 Å². The van der Waals surface area contributed by atoms with Gasteiger partial charge in [-0.15, -0.1) is 0 Å². The Balaban J connectivity index is 1.51. The van der Waals surface area contributed by atoms with Crippen LogP contribution in [0.4, 0.5) is 11.8 Å². The topological polar surface area (TPSA) is 53.5 Å². The number of benzene rings is 1. The number of hydrogen-bond acceptors (Lipinski definition) is 6. The normalized spacial score (nSPS) is 18.6. The van der Waals surface area contributed by atoms with Gasteiger partial charge in [-0.25, -0.2) is 4.98 Å². The Bertz CT molecular complexity index is 725. The molecule has 0 amide bonds. The van der Waals surface area contributed by atoms with Crippen molar-refractivity contribution in [1.29, 1.82) is 0 Å². The number of anilines is 2. The maximum absolute atomic E-state index is 5.43. The van der Waals surface area contributed by atoms with Crippen LogP contribution in [0.3, 0.4) is 0 Å². The molecule has 2 aromatic rings. The highest BCUT2D eigenvalue weighted by atomic mass is 16.5. The van der Waals surface area contributed by atoms with Crippen LogP contribution in [-0.4, -0.2) is 67.4 Å². The van der Waals surface area contributed by atoms with Crippen LogP contribution in [0.25, 0.3) is 11.3 Å². The molecule has 0 radical (unpaired) electrons. The van der Waals surface area contributed by atoms with Gasteiger partial charge in [0.15, 0.2) is 0 Å². The zero-order valence-electron chi connectivity index (χ0n) is 16.6. The smallest absolute Gasteiger partial charge is 0.227 e. The van der Waals surface area contributed by atoms with Crippen LogP contribution >= 0.6 is 0 Å². The first kappa shape index (κ1) is 19.2. The minimum absolute atomic E-state index is 0.838. The zero-order valence-corrected chi connectivity index (χ0v) is 16.6. The highest BCUT2D eigenvalue weighted by Gasteiger charge is 2.16. The molecule has 2 aliphatic heterocycles. The van der Waals surface area contributed by atoms with Gasteiger partial charge in [-0.3, -0.25) is 4.90 Å². The fourth-order valence-electron chi connectivity index (χ4n) is 3.86. The molecule has 0 unspecified atom stereocenters. The van der Waals surface area contributed by atoms with Crippen molar-refractivity contribution >= 4 is 11.8 Å². The fourth-order valence-corrected chi connectivity index (χ4v) is 3.86. The molecule has 2 saturated heterocycles. The Morgan fingerprint density at radius 3 is 2.39 bits per heavy atom. The predicted octanol–water partition coefficient (Wildman–Crippen LogP) is 3.27. The molecule has 0 saturated carbocycles. The summed E-state index contributed by atoms with van der Waals surface area (Å²) in [6.45, 7) is 7.68. The maximum atomic E-state index is 5.43. The first-order valence-corrected chi connectivity index (χ1v) is 10.6. The Morgan fingerprint density at radius 1 is 0.893 bits per heavy atom. The summed E-state index contributed by atoms with van der Waals surface area (Å²) in [7, 11) is 0. The van der Waals surface area contributed by atoms with E-state index in [1.54, 1.807) is 0 Å². The molecule has 1 N–H and O–H groups in total. The summed E-state index contributed by atoms with van der Waals surface area (Å²) < 4.78 is 5.43. The molecule has 4 rings (SSSR count). The van der Waals surface area contributed by atoms with Gasteiger partial charge in [0.1, 0.15) is 5.82 Å². The fraction of sp³-hybridized carbons (Fsp3) is 0.545. The standard InChI is InChI=1S/C22H31N5O/c1-2-7-12-27(11-6-1)22-24-20(19-8-4-3-5-9-19)18-21(25-22)23-10-13-26-14-16-28-17-15-26/h3-5,8-9,18H,1-2,6-7,10-17H2,(H,23,24,25). The van der Waals surface area contributed by atoms with E-state index in [0.717, 1.165) is 75.5 Å². The van der Waals surface area contributed by atoms with Crippen LogP contribution in [0.2, 0.25) is 0 Å². The van der Waals surface area contributed by atoms with Gasteiger partial charge in [0.05, 0.1) is 18.9 Å². The summed E-state index contributed by atoms with van der Waals surface area (Å²) in [4.78, 5) is 14.6. The molecule has 150 valence electrons.